The third-order valence-electron chi connectivity index (χ3n) is 3.79. The smallest absolute Gasteiger partial charge is 0.0708 e. The van der Waals surface area contributed by atoms with Crippen LogP contribution in [0.25, 0.3) is 33.3 Å². The first kappa shape index (κ1) is 12.7. The van der Waals surface area contributed by atoms with Gasteiger partial charge in [0.05, 0.1) is 11.4 Å². The predicted molar refractivity (Wildman–Crippen MR) is 90.4 cm³/mol. The summed E-state index contributed by atoms with van der Waals surface area (Å²) in [5, 5.41) is 2.40. The standard InChI is InChI=1S/C20H14N2/c1-3-13-21-18(11-1)16-9-5-7-15-8-6-10-17(20(15)16)19-12-2-4-14-22-19/h1-14H. The van der Waals surface area contributed by atoms with Crippen molar-refractivity contribution in [1.82, 2.24) is 9.97 Å². The number of rotatable bonds is 2. The molecule has 22 heavy (non-hydrogen) atoms. The molecule has 2 nitrogen and oxygen atoms in total. The Morgan fingerprint density at radius 1 is 0.500 bits per heavy atom. The van der Waals surface area contributed by atoms with E-state index in [0.717, 1.165) is 22.5 Å². The number of hydrogen-bond acceptors (Lipinski definition) is 2. The van der Waals surface area contributed by atoms with Crippen molar-refractivity contribution in [2.24, 2.45) is 0 Å². The molecular weight excluding hydrogens is 268 g/mol. The zero-order chi connectivity index (χ0) is 14.8. The second-order valence-electron chi connectivity index (χ2n) is 5.14. The van der Waals surface area contributed by atoms with Gasteiger partial charge in [-0.15, -0.1) is 0 Å². The van der Waals surface area contributed by atoms with E-state index < -0.39 is 0 Å². The van der Waals surface area contributed by atoms with E-state index in [-0.39, 0.29) is 0 Å². The molecule has 0 aliphatic carbocycles. The van der Waals surface area contributed by atoms with Crippen LogP contribution in [0.2, 0.25) is 0 Å². The van der Waals surface area contributed by atoms with Gasteiger partial charge in [-0.05, 0) is 29.7 Å². The van der Waals surface area contributed by atoms with Crippen LogP contribution in [0.15, 0.2) is 85.2 Å². The number of hydrogen-bond donors (Lipinski definition) is 0. The molecule has 0 fully saturated rings. The molecule has 0 spiro atoms. The molecule has 0 unspecified atom stereocenters. The van der Waals surface area contributed by atoms with Crippen LogP contribution in [-0.4, -0.2) is 9.97 Å². The quantitative estimate of drug-likeness (QED) is 0.519. The molecule has 2 heterocycles. The van der Waals surface area contributed by atoms with Crippen molar-refractivity contribution in [3.63, 3.8) is 0 Å². The molecule has 0 N–H and O–H groups in total. The van der Waals surface area contributed by atoms with E-state index in [2.05, 4.69) is 46.4 Å². The van der Waals surface area contributed by atoms with Gasteiger partial charge < -0.3 is 0 Å². The van der Waals surface area contributed by atoms with Gasteiger partial charge in [-0.25, -0.2) is 0 Å². The Kier molecular flexibility index (Phi) is 3.13. The third kappa shape index (κ3) is 2.15. The Balaban J connectivity index is 2.07. The van der Waals surface area contributed by atoms with Crippen molar-refractivity contribution >= 4 is 10.8 Å². The molecule has 0 atom stereocenters. The van der Waals surface area contributed by atoms with Gasteiger partial charge in [0.2, 0.25) is 0 Å². The number of fused-ring (bicyclic) bond motifs is 1. The number of nitrogens with zero attached hydrogens (tertiary/aromatic N) is 2. The third-order valence-corrected chi connectivity index (χ3v) is 3.79. The largest absolute Gasteiger partial charge is 0.256 e. The molecule has 2 aromatic heterocycles. The highest BCUT2D eigenvalue weighted by atomic mass is 14.7. The zero-order valence-electron chi connectivity index (χ0n) is 12.0. The lowest BCUT2D eigenvalue weighted by Gasteiger charge is -2.11. The normalized spacial score (nSPS) is 10.7. The van der Waals surface area contributed by atoms with Crippen LogP contribution in [-0.2, 0) is 0 Å². The molecule has 0 radical (unpaired) electrons. The molecule has 0 amide bonds. The molecule has 0 aliphatic rings. The molecule has 104 valence electrons. The first-order valence-electron chi connectivity index (χ1n) is 7.28. The highest BCUT2D eigenvalue weighted by molar-refractivity contribution is 6.05. The van der Waals surface area contributed by atoms with Crippen molar-refractivity contribution in [2.75, 3.05) is 0 Å². The lowest BCUT2D eigenvalue weighted by Crippen LogP contribution is -1.89. The summed E-state index contributed by atoms with van der Waals surface area (Å²) in [6, 6.07) is 24.7. The zero-order valence-corrected chi connectivity index (χ0v) is 12.0. The summed E-state index contributed by atoms with van der Waals surface area (Å²) >= 11 is 0. The summed E-state index contributed by atoms with van der Waals surface area (Å²) in [5.74, 6) is 0. The SMILES string of the molecule is c1ccc(-c2cccc3cccc(-c4ccccn4)c23)nc1. The van der Waals surface area contributed by atoms with Gasteiger partial charge in [-0.3, -0.25) is 9.97 Å². The van der Waals surface area contributed by atoms with Gasteiger partial charge in [0.15, 0.2) is 0 Å². The number of pyridine rings is 2. The minimum atomic E-state index is 0.983. The van der Waals surface area contributed by atoms with Gasteiger partial charge >= 0.3 is 0 Å². The molecule has 4 rings (SSSR count). The van der Waals surface area contributed by atoms with Crippen LogP contribution in [0, 0.1) is 0 Å². The van der Waals surface area contributed by atoms with Crippen LogP contribution in [0.3, 0.4) is 0 Å². The molecule has 0 aliphatic heterocycles. The Hall–Kier alpha value is -3.00. The summed E-state index contributed by atoms with van der Waals surface area (Å²) in [6.45, 7) is 0. The molecular formula is C20H14N2. The summed E-state index contributed by atoms with van der Waals surface area (Å²) in [6.07, 6.45) is 3.66. The molecule has 0 saturated heterocycles. The van der Waals surface area contributed by atoms with Gasteiger partial charge in [0, 0.05) is 28.9 Å². The van der Waals surface area contributed by atoms with Crippen molar-refractivity contribution < 1.29 is 0 Å². The van der Waals surface area contributed by atoms with Crippen LogP contribution < -0.4 is 0 Å². The van der Waals surface area contributed by atoms with E-state index in [9.17, 15) is 0 Å². The topological polar surface area (TPSA) is 25.8 Å². The van der Waals surface area contributed by atoms with Gasteiger partial charge in [-0.2, -0.15) is 0 Å². The first-order valence-corrected chi connectivity index (χ1v) is 7.28. The highest BCUT2D eigenvalue weighted by Gasteiger charge is 2.10. The van der Waals surface area contributed by atoms with E-state index in [1.54, 1.807) is 0 Å². The first-order chi connectivity index (χ1) is 10.9. The van der Waals surface area contributed by atoms with E-state index >= 15 is 0 Å². The van der Waals surface area contributed by atoms with Gasteiger partial charge in [-0.1, -0.05) is 48.5 Å². The minimum absolute atomic E-state index is 0.983. The summed E-state index contributed by atoms with van der Waals surface area (Å²) in [5.41, 5.74) is 4.24. The Morgan fingerprint density at radius 3 is 1.50 bits per heavy atom. The fourth-order valence-corrected chi connectivity index (χ4v) is 2.81. The monoisotopic (exact) mass is 282 g/mol. The molecule has 2 heteroatoms. The van der Waals surface area contributed by atoms with E-state index in [0.29, 0.717) is 0 Å². The second kappa shape index (κ2) is 5.41. The van der Waals surface area contributed by atoms with E-state index in [1.807, 2.05) is 48.8 Å². The van der Waals surface area contributed by atoms with Crippen LogP contribution in [0.1, 0.15) is 0 Å². The predicted octanol–water partition coefficient (Wildman–Crippen LogP) is 4.96. The van der Waals surface area contributed by atoms with Crippen molar-refractivity contribution in [2.45, 2.75) is 0 Å². The maximum absolute atomic E-state index is 4.51. The molecule has 2 aromatic carbocycles. The molecule has 4 aromatic rings. The van der Waals surface area contributed by atoms with Crippen molar-refractivity contribution in [1.29, 1.82) is 0 Å². The summed E-state index contributed by atoms with van der Waals surface area (Å²) < 4.78 is 0. The number of aromatic nitrogens is 2. The van der Waals surface area contributed by atoms with E-state index in [4.69, 9.17) is 0 Å². The molecule has 0 saturated carbocycles. The highest BCUT2D eigenvalue weighted by Crippen LogP contribution is 2.34. The Bertz CT molecular complexity index is 842. The van der Waals surface area contributed by atoms with Crippen LogP contribution in [0.4, 0.5) is 0 Å². The second-order valence-corrected chi connectivity index (χ2v) is 5.14. The Labute approximate surface area is 129 Å². The fraction of sp³-hybridized carbons (Fsp3) is 0. The van der Waals surface area contributed by atoms with Crippen molar-refractivity contribution in [3.05, 3.63) is 85.2 Å². The summed E-state index contributed by atoms with van der Waals surface area (Å²) in [4.78, 5) is 9.03. The van der Waals surface area contributed by atoms with Gasteiger partial charge in [0.25, 0.3) is 0 Å². The van der Waals surface area contributed by atoms with Gasteiger partial charge in [0.1, 0.15) is 0 Å². The average molecular weight is 282 g/mol. The average Bonchev–Trinajstić information content (AvgIpc) is 2.62. The minimum Gasteiger partial charge on any atom is -0.256 e. The number of benzene rings is 2. The maximum atomic E-state index is 4.51. The van der Waals surface area contributed by atoms with Crippen LogP contribution >= 0.6 is 0 Å². The lowest BCUT2D eigenvalue weighted by atomic mass is 9.95. The molecule has 0 bridgehead atoms. The Morgan fingerprint density at radius 2 is 1.05 bits per heavy atom. The van der Waals surface area contributed by atoms with E-state index in [1.165, 1.54) is 10.8 Å². The lowest BCUT2D eigenvalue weighted by molar-refractivity contribution is 1.32. The summed E-state index contributed by atoms with van der Waals surface area (Å²) in [7, 11) is 0. The fourth-order valence-electron chi connectivity index (χ4n) is 2.81. The van der Waals surface area contributed by atoms with Crippen LogP contribution in [0.5, 0.6) is 0 Å². The maximum Gasteiger partial charge on any atom is 0.0708 e. The van der Waals surface area contributed by atoms with Crippen molar-refractivity contribution in [3.8, 4) is 22.5 Å².